The summed E-state index contributed by atoms with van der Waals surface area (Å²) in [6, 6.07) is 15.6. The lowest BCUT2D eigenvalue weighted by Gasteiger charge is -2.36. The van der Waals surface area contributed by atoms with E-state index >= 15 is 0 Å². The van der Waals surface area contributed by atoms with Gasteiger partial charge >= 0.3 is 0 Å². The molecule has 2 aromatic carbocycles. The summed E-state index contributed by atoms with van der Waals surface area (Å²) in [4.78, 5) is 43.6. The van der Waals surface area contributed by atoms with Gasteiger partial charge in [0.05, 0.1) is 0 Å². The van der Waals surface area contributed by atoms with Gasteiger partial charge in [0.15, 0.2) is 0 Å². The Morgan fingerprint density at radius 3 is 2.36 bits per heavy atom. The zero-order valence-electron chi connectivity index (χ0n) is 18.1. The van der Waals surface area contributed by atoms with Gasteiger partial charge in [0.2, 0.25) is 11.8 Å². The molecule has 8 nitrogen and oxygen atoms in total. The fraction of sp³-hybridized carbons (Fsp3) is 0.292. The Balaban J connectivity index is 1.14. The van der Waals surface area contributed by atoms with Gasteiger partial charge in [0.25, 0.3) is 5.91 Å². The molecule has 0 saturated carbocycles. The van der Waals surface area contributed by atoms with Crippen LogP contribution in [0.25, 0.3) is 10.9 Å². The first-order chi connectivity index (χ1) is 16.0. The van der Waals surface area contributed by atoms with Crippen LogP contribution in [0, 0.1) is 5.82 Å². The molecule has 0 unspecified atom stereocenters. The Morgan fingerprint density at radius 2 is 1.64 bits per heavy atom. The molecule has 0 spiro atoms. The summed E-state index contributed by atoms with van der Waals surface area (Å²) < 4.78 is 13.1. The van der Waals surface area contributed by atoms with Crippen LogP contribution in [0.3, 0.4) is 0 Å². The van der Waals surface area contributed by atoms with Crippen molar-refractivity contribution < 1.29 is 18.8 Å². The number of nitrogens with one attached hydrogen (secondary N) is 3. The fourth-order valence-corrected chi connectivity index (χ4v) is 3.88. The van der Waals surface area contributed by atoms with Crippen LogP contribution in [0.1, 0.15) is 29.8 Å². The highest BCUT2D eigenvalue weighted by Gasteiger charge is 2.21. The van der Waals surface area contributed by atoms with Gasteiger partial charge in [-0.2, -0.15) is 0 Å². The standard InChI is InChI=1S/C24H26FN5O3/c25-18-8-10-19(11-9-18)29-12-14-30(15-13-29)23(32)7-3-6-22(31)27-28-24(33)21-16-17-4-1-2-5-20(17)26-21/h1-2,4-5,8-11,16,26H,3,6-7,12-15H2,(H,27,31)(H,28,33). The van der Waals surface area contributed by atoms with Crippen LogP contribution in [0.5, 0.6) is 0 Å². The maximum Gasteiger partial charge on any atom is 0.286 e. The van der Waals surface area contributed by atoms with Crippen LogP contribution in [0.4, 0.5) is 10.1 Å². The Bertz CT molecular complexity index is 1100. The highest BCUT2D eigenvalue weighted by molar-refractivity contribution is 5.98. The number of carbonyl (C=O) groups excluding carboxylic acids is 3. The highest BCUT2D eigenvalue weighted by Crippen LogP contribution is 2.17. The summed E-state index contributed by atoms with van der Waals surface area (Å²) in [5.74, 6) is -1.05. The first kappa shape index (κ1) is 22.3. The minimum absolute atomic E-state index is 0.00340. The van der Waals surface area contributed by atoms with E-state index in [2.05, 4.69) is 20.7 Å². The molecule has 33 heavy (non-hydrogen) atoms. The van der Waals surface area contributed by atoms with Crippen LogP contribution in [0.15, 0.2) is 54.6 Å². The molecule has 3 N–H and O–H groups in total. The van der Waals surface area contributed by atoms with Gasteiger partial charge in [-0.05, 0) is 42.8 Å². The van der Waals surface area contributed by atoms with Crippen molar-refractivity contribution in [3.63, 3.8) is 0 Å². The van der Waals surface area contributed by atoms with Crippen molar-refractivity contribution in [1.82, 2.24) is 20.7 Å². The summed E-state index contributed by atoms with van der Waals surface area (Å²) in [6.07, 6.45) is 0.791. The number of carbonyl (C=O) groups is 3. The predicted molar refractivity (Wildman–Crippen MR) is 123 cm³/mol. The number of para-hydroxylation sites is 1. The molecule has 0 bridgehead atoms. The number of piperazine rings is 1. The number of fused-ring (bicyclic) bond motifs is 1. The molecular weight excluding hydrogens is 425 g/mol. The van der Waals surface area contributed by atoms with Crippen molar-refractivity contribution in [2.45, 2.75) is 19.3 Å². The van der Waals surface area contributed by atoms with E-state index in [4.69, 9.17) is 0 Å². The molecule has 9 heteroatoms. The number of halogens is 1. The molecule has 1 saturated heterocycles. The van der Waals surface area contributed by atoms with Gasteiger partial charge in [-0.15, -0.1) is 0 Å². The minimum Gasteiger partial charge on any atom is -0.368 e. The Labute approximate surface area is 190 Å². The van der Waals surface area contributed by atoms with Gasteiger partial charge in [-0.3, -0.25) is 25.2 Å². The summed E-state index contributed by atoms with van der Waals surface area (Å²) in [5, 5.41) is 0.908. The van der Waals surface area contributed by atoms with Crippen molar-refractivity contribution >= 4 is 34.3 Å². The fourth-order valence-electron chi connectivity index (χ4n) is 3.88. The van der Waals surface area contributed by atoms with E-state index in [0.717, 1.165) is 16.6 Å². The van der Waals surface area contributed by atoms with E-state index in [1.54, 1.807) is 23.1 Å². The van der Waals surface area contributed by atoms with Crippen molar-refractivity contribution in [2.75, 3.05) is 31.1 Å². The highest BCUT2D eigenvalue weighted by atomic mass is 19.1. The number of hydrazine groups is 1. The summed E-state index contributed by atoms with van der Waals surface area (Å²) >= 11 is 0. The number of aromatic amines is 1. The van der Waals surface area contributed by atoms with Crippen LogP contribution in [-0.2, 0) is 9.59 Å². The quantitative estimate of drug-likeness (QED) is 0.502. The van der Waals surface area contributed by atoms with Gasteiger partial charge < -0.3 is 14.8 Å². The van der Waals surface area contributed by atoms with Gasteiger partial charge in [-0.1, -0.05) is 18.2 Å². The predicted octanol–water partition coefficient (Wildman–Crippen LogP) is 2.59. The average Bonchev–Trinajstić information content (AvgIpc) is 3.27. The van der Waals surface area contributed by atoms with Crippen molar-refractivity contribution in [2.24, 2.45) is 0 Å². The van der Waals surface area contributed by atoms with E-state index in [1.165, 1.54) is 12.1 Å². The molecule has 172 valence electrons. The molecule has 1 aliphatic rings. The zero-order valence-corrected chi connectivity index (χ0v) is 18.1. The van der Waals surface area contributed by atoms with Crippen LogP contribution in [-0.4, -0.2) is 53.8 Å². The topological polar surface area (TPSA) is 97.5 Å². The average molecular weight is 452 g/mol. The first-order valence-corrected chi connectivity index (χ1v) is 10.9. The Kier molecular flexibility index (Phi) is 6.87. The van der Waals surface area contributed by atoms with E-state index in [0.29, 0.717) is 38.3 Å². The maximum atomic E-state index is 13.1. The second-order valence-corrected chi connectivity index (χ2v) is 7.97. The molecule has 1 aromatic heterocycles. The number of nitrogens with zero attached hydrogens (tertiary/aromatic N) is 2. The molecule has 3 aromatic rings. The normalized spacial score (nSPS) is 13.7. The largest absolute Gasteiger partial charge is 0.368 e. The molecule has 0 radical (unpaired) electrons. The smallest absolute Gasteiger partial charge is 0.286 e. The maximum absolute atomic E-state index is 13.1. The van der Waals surface area contributed by atoms with Gasteiger partial charge in [0.1, 0.15) is 11.5 Å². The number of benzene rings is 2. The van der Waals surface area contributed by atoms with E-state index in [-0.39, 0.29) is 30.5 Å². The van der Waals surface area contributed by atoms with E-state index in [9.17, 15) is 18.8 Å². The molecule has 2 heterocycles. The van der Waals surface area contributed by atoms with Crippen LogP contribution >= 0.6 is 0 Å². The lowest BCUT2D eigenvalue weighted by molar-refractivity contribution is -0.131. The molecule has 3 amide bonds. The second-order valence-electron chi connectivity index (χ2n) is 7.97. The number of anilines is 1. The number of rotatable bonds is 6. The monoisotopic (exact) mass is 451 g/mol. The molecule has 0 atom stereocenters. The van der Waals surface area contributed by atoms with Crippen molar-refractivity contribution in [1.29, 1.82) is 0 Å². The van der Waals surface area contributed by atoms with Gasteiger partial charge in [-0.25, -0.2) is 4.39 Å². The number of hydrogen-bond acceptors (Lipinski definition) is 4. The van der Waals surface area contributed by atoms with E-state index in [1.807, 2.05) is 24.3 Å². The zero-order chi connectivity index (χ0) is 23.2. The van der Waals surface area contributed by atoms with Crippen molar-refractivity contribution in [3.8, 4) is 0 Å². The Hall–Kier alpha value is -3.88. The molecule has 4 rings (SSSR count). The summed E-state index contributed by atoms with van der Waals surface area (Å²) in [6.45, 7) is 2.53. The second kappa shape index (κ2) is 10.2. The number of hydrogen-bond donors (Lipinski definition) is 3. The number of H-pyrrole nitrogens is 1. The third-order valence-electron chi connectivity index (χ3n) is 5.71. The molecule has 1 aliphatic heterocycles. The molecule has 0 aliphatic carbocycles. The third kappa shape index (κ3) is 5.68. The SMILES string of the molecule is O=C(CCCC(=O)N1CCN(c2ccc(F)cc2)CC1)NNC(=O)c1cc2ccccc2[nH]1. The number of amides is 3. The third-order valence-corrected chi connectivity index (χ3v) is 5.71. The van der Waals surface area contributed by atoms with Crippen LogP contribution in [0.2, 0.25) is 0 Å². The van der Waals surface area contributed by atoms with E-state index < -0.39 is 5.91 Å². The molecular formula is C24H26FN5O3. The van der Waals surface area contributed by atoms with Crippen LogP contribution < -0.4 is 15.8 Å². The summed E-state index contributed by atoms with van der Waals surface area (Å²) in [5.41, 5.74) is 6.91. The lowest BCUT2D eigenvalue weighted by Crippen LogP contribution is -2.48. The van der Waals surface area contributed by atoms with Gasteiger partial charge in [0, 0.05) is 55.6 Å². The lowest BCUT2D eigenvalue weighted by atomic mass is 10.2. The number of aromatic nitrogens is 1. The minimum atomic E-state index is -0.436. The molecule has 1 fully saturated rings. The van der Waals surface area contributed by atoms with Crippen molar-refractivity contribution in [3.05, 3.63) is 66.1 Å². The Morgan fingerprint density at radius 1 is 0.909 bits per heavy atom. The first-order valence-electron chi connectivity index (χ1n) is 10.9. The summed E-state index contributed by atoms with van der Waals surface area (Å²) in [7, 11) is 0.